The first kappa shape index (κ1) is 9.79. The summed E-state index contributed by atoms with van der Waals surface area (Å²) in [5, 5.41) is 12.3. The number of aryl methyl sites for hydroxylation is 2. The monoisotopic (exact) mass is 233 g/mol. The Bertz CT molecular complexity index is 474. The van der Waals surface area contributed by atoms with E-state index in [2.05, 4.69) is 16.4 Å². The van der Waals surface area contributed by atoms with Gasteiger partial charge in [0.15, 0.2) is 5.13 Å². The van der Waals surface area contributed by atoms with Gasteiger partial charge in [-0.1, -0.05) is 0 Å². The van der Waals surface area contributed by atoms with Crippen molar-refractivity contribution >= 4 is 22.4 Å². The predicted molar refractivity (Wildman–Crippen MR) is 60.0 cm³/mol. The second kappa shape index (κ2) is 3.29. The fourth-order valence-electron chi connectivity index (χ4n) is 1.98. The number of hydrogen-bond acceptors (Lipinski definition) is 4. The van der Waals surface area contributed by atoms with Crippen LogP contribution >= 0.6 is 11.3 Å². The molecule has 2 aliphatic rings. The van der Waals surface area contributed by atoms with Gasteiger partial charge in [0, 0.05) is 4.88 Å². The van der Waals surface area contributed by atoms with Crippen LogP contribution in [0.5, 0.6) is 0 Å². The molecule has 1 fully saturated rings. The highest BCUT2D eigenvalue weighted by Crippen LogP contribution is 2.46. The van der Waals surface area contributed by atoms with E-state index in [9.17, 15) is 4.79 Å². The SMILES string of the molecule is N#CC1(C(=O)Nc2nc3c(s2)CCC3)CC1. The Morgan fingerprint density at radius 2 is 2.31 bits per heavy atom. The molecule has 16 heavy (non-hydrogen) atoms. The Morgan fingerprint density at radius 1 is 1.50 bits per heavy atom. The molecule has 0 radical (unpaired) electrons. The van der Waals surface area contributed by atoms with Gasteiger partial charge in [-0.25, -0.2) is 4.98 Å². The van der Waals surface area contributed by atoms with Crippen LogP contribution in [-0.4, -0.2) is 10.9 Å². The Balaban J connectivity index is 1.75. The highest BCUT2D eigenvalue weighted by Gasteiger charge is 2.50. The number of carbonyl (C=O) groups is 1. The zero-order chi connectivity index (χ0) is 11.2. The van der Waals surface area contributed by atoms with Crippen LogP contribution in [0.15, 0.2) is 0 Å². The van der Waals surface area contributed by atoms with Crippen molar-refractivity contribution in [3.05, 3.63) is 10.6 Å². The maximum absolute atomic E-state index is 11.8. The summed E-state index contributed by atoms with van der Waals surface area (Å²) >= 11 is 1.55. The number of nitriles is 1. The molecule has 4 nitrogen and oxygen atoms in total. The quantitative estimate of drug-likeness (QED) is 0.848. The molecule has 0 unspecified atom stereocenters. The lowest BCUT2D eigenvalue weighted by atomic mass is 10.1. The van der Waals surface area contributed by atoms with Gasteiger partial charge in [0.1, 0.15) is 5.41 Å². The Morgan fingerprint density at radius 3 is 2.94 bits per heavy atom. The molecule has 0 spiro atoms. The number of aromatic nitrogens is 1. The number of amides is 1. The largest absolute Gasteiger partial charge is 0.301 e. The van der Waals surface area contributed by atoms with Gasteiger partial charge in [-0.3, -0.25) is 4.79 Å². The molecular formula is C11H11N3OS. The molecule has 0 saturated heterocycles. The molecule has 0 atom stereocenters. The molecule has 1 aromatic rings. The van der Waals surface area contributed by atoms with Gasteiger partial charge in [0.05, 0.1) is 11.8 Å². The lowest BCUT2D eigenvalue weighted by Crippen LogP contribution is -2.22. The fourth-order valence-corrected chi connectivity index (χ4v) is 3.02. The number of anilines is 1. The predicted octanol–water partition coefficient (Wildman–Crippen LogP) is 1.87. The first-order chi connectivity index (χ1) is 7.73. The van der Waals surface area contributed by atoms with Crippen molar-refractivity contribution in [3.63, 3.8) is 0 Å². The Hall–Kier alpha value is -1.41. The molecule has 82 valence electrons. The minimum Gasteiger partial charge on any atom is -0.301 e. The summed E-state index contributed by atoms with van der Waals surface area (Å²) in [6.45, 7) is 0. The molecule has 1 aromatic heterocycles. The molecule has 1 saturated carbocycles. The third-order valence-corrected chi connectivity index (χ3v) is 4.29. The summed E-state index contributed by atoms with van der Waals surface area (Å²) in [4.78, 5) is 17.5. The number of nitrogens with zero attached hydrogens (tertiary/aromatic N) is 2. The van der Waals surface area contributed by atoms with Crippen LogP contribution in [0.4, 0.5) is 5.13 Å². The third kappa shape index (κ3) is 1.41. The fraction of sp³-hybridized carbons (Fsp3) is 0.545. The molecule has 0 aliphatic heterocycles. The van der Waals surface area contributed by atoms with Crippen LogP contribution in [-0.2, 0) is 17.6 Å². The van der Waals surface area contributed by atoms with E-state index in [1.807, 2.05) is 0 Å². The standard InChI is InChI=1S/C11H11N3OS/c12-6-11(4-5-11)9(15)14-10-13-7-2-1-3-8(7)16-10/h1-5H2,(H,13,14,15). The summed E-state index contributed by atoms with van der Waals surface area (Å²) in [5.74, 6) is -0.178. The maximum Gasteiger partial charge on any atom is 0.246 e. The van der Waals surface area contributed by atoms with E-state index in [-0.39, 0.29) is 5.91 Å². The smallest absolute Gasteiger partial charge is 0.246 e. The summed E-state index contributed by atoms with van der Waals surface area (Å²) in [6, 6.07) is 2.09. The van der Waals surface area contributed by atoms with E-state index in [4.69, 9.17) is 5.26 Å². The van der Waals surface area contributed by atoms with Crippen LogP contribution in [0.1, 0.15) is 29.8 Å². The average molecular weight is 233 g/mol. The number of nitrogens with one attached hydrogen (secondary N) is 1. The van der Waals surface area contributed by atoms with Crippen LogP contribution in [0.25, 0.3) is 0 Å². The lowest BCUT2D eigenvalue weighted by Gasteiger charge is -2.04. The van der Waals surface area contributed by atoms with Crippen molar-refractivity contribution in [1.29, 1.82) is 5.26 Å². The van der Waals surface area contributed by atoms with E-state index in [1.165, 1.54) is 11.3 Å². The number of rotatable bonds is 2. The van der Waals surface area contributed by atoms with Crippen LogP contribution in [0, 0.1) is 16.7 Å². The maximum atomic E-state index is 11.8. The zero-order valence-corrected chi connectivity index (χ0v) is 9.56. The molecule has 0 bridgehead atoms. The molecule has 1 heterocycles. The summed E-state index contributed by atoms with van der Waals surface area (Å²) in [7, 11) is 0. The van der Waals surface area contributed by atoms with E-state index < -0.39 is 5.41 Å². The topological polar surface area (TPSA) is 65.8 Å². The lowest BCUT2D eigenvalue weighted by molar-refractivity contribution is -0.119. The second-order valence-corrected chi connectivity index (χ2v) is 5.47. The van der Waals surface area contributed by atoms with Crippen molar-refractivity contribution in [2.75, 3.05) is 5.32 Å². The van der Waals surface area contributed by atoms with Crippen molar-refractivity contribution in [3.8, 4) is 6.07 Å². The van der Waals surface area contributed by atoms with Gasteiger partial charge in [0.2, 0.25) is 5.91 Å². The second-order valence-electron chi connectivity index (χ2n) is 4.39. The number of carbonyl (C=O) groups excluding carboxylic acids is 1. The van der Waals surface area contributed by atoms with E-state index in [0.29, 0.717) is 18.0 Å². The van der Waals surface area contributed by atoms with E-state index >= 15 is 0 Å². The average Bonchev–Trinajstić information content (AvgIpc) is 2.82. The summed E-state index contributed by atoms with van der Waals surface area (Å²) < 4.78 is 0. The molecule has 1 amide bonds. The van der Waals surface area contributed by atoms with Gasteiger partial charge in [-0.2, -0.15) is 5.26 Å². The van der Waals surface area contributed by atoms with Gasteiger partial charge in [0.25, 0.3) is 0 Å². The normalized spacial score (nSPS) is 19.9. The van der Waals surface area contributed by atoms with Crippen LogP contribution in [0.3, 0.4) is 0 Å². The molecule has 2 aliphatic carbocycles. The van der Waals surface area contributed by atoms with Crippen molar-refractivity contribution in [2.24, 2.45) is 5.41 Å². The Labute approximate surface area is 97.3 Å². The number of thiazole rings is 1. The van der Waals surface area contributed by atoms with Gasteiger partial charge >= 0.3 is 0 Å². The molecule has 1 N–H and O–H groups in total. The van der Waals surface area contributed by atoms with Gasteiger partial charge < -0.3 is 5.32 Å². The highest BCUT2D eigenvalue weighted by molar-refractivity contribution is 7.15. The first-order valence-corrected chi connectivity index (χ1v) is 6.26. The Kier molecular flexibility index (Phi) is 2.01. The zero-order valence-electron chi connectivity index (χ0n) is 8.75. The molecule has 3 rings (SSSR count). The highest BCUT2D eigenvalue weighted by atomic mass is 32.1. The summed E-state index contributed by atoms with van der Waals surface area (Å²) in [5.41, 5.74) is 0.373. The van der Waals surface area contributed by atoms with Gasteiger partial charge in [-0.15, -0.1) is 11.3 Å². The van der Waals surface area contributed by atoms with E-state index in [0.717, 1.165) is 18.5 Å². The number of hydrogen-bond donors (Lipinski definition) is 1. The first-order valence-electron chi connectivity index (χ1n) is 5.45. The third-order valence-electron chi connectivity index (χ3n) is 3.21. The van der Waals surface area contributed by atoms with Crippen LogP contribution < -0.4 is 5.32 Å². The van der Waals surface area contributed by atoms with Crippen molar-refractivity contribution in [1.82, 2.24) is 4.98 Å². The molecule has 5 heteroatoms. The molecular weight excluding hydrogens is 222 g/mol. The summed E-state index contributed by atoms with van der Waals surface area (Å²) in [6.07, 6.45) is 4.63. The number of fused-ring (bicyclic) bond motifs is 1. The van der Waals surface area contributed by atoms with Crippen LogP contribution in [0.2, 0.25) is 0 Å². The minimum absolute atomic E-state index is 0.178. The van der Waals surface area contributed by atoms with E-state index in [1.54, 1.807) is 11.3 Å². The van der Waals surface area contributed by atoms with Gasteiger partial charge in [-0.05, 0) is 32.1 Å². The minimum atomic E-state index is -0.754. The van der Waals surface area contributed by atoms with Crippen molar-refractivity contribution < 1.29 is 4.79 Å². The van der Waals surface area contributed by atoms with Crippen molar-refractivity contribution in [2.45, 2.75) is 32.1 Å². The molecule has 0 aromatic carbocycles.